The number of nitrogens with two attached hydrogens (primary N) is 1. The molecule has 2 N–H and O–H groups in total. The maximum Gasteiger partial charge on any atom is 0.123 e. The third kappa shape index (κ3) is 3.47. The van der Waals surface area contributed by atoms with Crippen LogP contribution in [0.25, 0.3) is 0 Å². The molecule has 1 aromatic rings. The second-order valence-corrected chi connectivity index (χ2v) is 5.31. The second kappa shape index (κ2) is 5.54. The van der Waals surface area contributed by atoms with Crippen LogP contribution in [0.5, 0.6) is 5.75 Å². The first kappa shape index (κ1) is 14.0. The first-order chi connectivity index (χ1) is 7.91. The van der Waals surface area contributed by atoms with E-state index in [1.54, 1.807) is 0 Å². The highest BCUT2D eigenvalue weighted by Crippen LogP contribution is 2.31. The Kier molecular flexibility index (Phi) is 4.58. The van der Waals surface area contributed by atoms with Gasteiger partial charge in [0.1, 0.15) is 11.4 Å². The summed E-state index contributed by atoms with van der Waals surface area (Å²) < 4.78 is 6.15. The molecule has 1 unspecified atom stereocenters. The standard InChI is InChI=1S/C15H25NO/c1-6-15(5,10-16)17-14-9-12(4)7-8-13(14)11(2)3/h7-9,11H,6,10,16H2,1-5H3. The van der Waals surface area contributed by atoms with E-state index in [0.29, 0.717) is 12.5 Å². The Balaban J connectivity index is 3.07. The third-order valence-electron chi connectivity index (χ3n) is 3.33. The Bertz CT molecular complexity index is 367. The molecule has 0 aliphatic rings. The van der Waals surface area contributed by atoms with Gasteiger partial charge in [0.05, 0.1) is 0 Å². The number of benzene rings is 1. The van der Waals surface area contributed by atoms with Crippen LogP contribution in [-0.4, -0.2) is 12.1 Å². The first-order valence-corrected chi connectivity index (χ1v) is 6.41. The third-order valence-corrected chi connectivity index (χ3v) is 3.33. The minimum Gasteiger partial charge on any atom is -0.486 e. The molecule has 0 aromatic heterocycles. The molecule has 2 heteroatoms. The highest BCUT2D eigenvalue weighted by Gasteiger charge is 2.23. The number of aryl methyl sites for hydroxylation is 1. The zero-order valence-electron chi connectivity index (χ0n) is 11.7. The Labute approximate surface area is 105 Å². The SMILES string of the molecule is CCC(C)(CN)Oc1cc(C)ccc1C(C)C. The first-order valence-electron chi connectivity index (χ1n) is 6.41. The van der Waals surface area contributed by atoms with Crippen molar-refractivity contribution in [3.63, 3.8) is 0 Å². The van der Waals surface area contributed by atoms with E-state index >= 15 is 0 Å². The summed E-state index contributed by atoms with van der Waals surface area (Å²) >= 11 is 0. The Hall–Kier alpha value is -1.02. The lowest BCUT2D eigenvalue weighted by Gasteiger charge is -2.30. The van der Waals surface area contributed by atoms with E-state index in [4.69, 9.17) is 10.5 Å². The molecule has 0 aliphatic carbocycles. The number of ether oxygens (including phenoxy) is 1. The second-order valence-electron chi connectivity index (χ2n) is 5.31. The van der Waals surface area contributed by atoms with Crippen molar-refractivity contribution in [2.45, 2.75) is 52.6 Å². The van der Waals surface area contributed by atoms with Gasteiger partial charge < -0.3 is 10.5 Å². The Morgan fingerprint density at radius 2 is 2.00 bits per heavy atom. The van der Waals surface area contributed by atoms with Crippen molar-refractivity contribution in [2.75, 3.05) is 6.54 Å². The van der Waals surface area contributed by atoms with Gasteiger partial charge in [-0.25, -0.2) is 0 Å². The van der Waals surface area contributed by atoms with Crippen LogP contribution in [0.1, 0.15) is 51.2 Å². The van der Waals surface area contributed by atoms with Crippen LogP contribution in [0, 0.1) is 6.92 Å². The molecule has 1 aromatic carbocycles. The van der Waals surface area contributed by atoms with Crippen LogP contribution in [0.15, 0.2) is 18.2 Å². The van der Waals surface area contributed by atoms with E-state index in [2.05, 4.69) is 52.8 Å². The van der Waals surface area contributed by atoms with Crippen molar-refractivity contribution in [3.05, 3.63) is 29.3 Å². The molecule has 0 radical (unpaired) electrons. The van der Waals surface area contributed by atoms with E-state index < -0.39 is 0 Å². The van der Waals surface area contributed by atoms with E-state index in [1.165, 1.54) is 11.1 Å². The highest BCUT2D eigenvalue weighted by atomic mass is 16.5. The quantitative estimate of drug-likeness (QED) is 0.846. The summed E-state index contributed by atoms with van der Waals surface area (Å²) in [6.07, 6.45) is 0.912. The fourth-order valence-electron chi connectivity index (χ4n) is 1.73. The summed E-state index contributed by atoms with van der Waals surface area (Å²) in [7, 11) is 0. The average molecular weight is 235 g/mol. The van der Waals surface area contributed by atoms with Crippen LogP contribution in [0.3, 0.4) is 0 Å². The van der Waals surface area contributed by atoms with Gasteiger partial charge in [0.25, 0.3) is 0 Å². The zero-order valence-corrected chi connectivity index (χ0v) is 11.7. The molecule has 0 bridgehead atoms. The molecule has 0 heterocycles. The summed E-state index contributed by atoms with van der Waals surface area (Å²) in [4.78, 5) is 0. The molecule has 0 saturated heterocycles. The summed E-state index contributed by atoms with van der Waals surface area (Å²) in [5.41, 5.74) is 8.01. The molecule has 0 amide bonds. The lowest BCUT2D eigenvalue weighted by atomic mass is 9.99. The monoisotopic (exact) mass is 235 g/mol. The van der Waals surface area contributed by atoms with E-state index in [9.17, 15) is 0 Å². The van der Waals surface area contributed by atoms with Crippen LogP contribution in [0.4, 0.5) is 0 Å². The highest BCUT2D eigenvalue weighted by molar-refractivity contribution is 5.39. The predicted octanol–water partition coefficient (Wildman–Crippen LogP) is 3.62. The fraction of sp³-hybridized carbons (Fsp3) is 0.600. The van der Waals surface area contributed by atoms with Gasteiger partial charge in [-0.2, -0.15) is 0 Å². The maximum absolute atomic E-state index is 6.15. The molecule has 96 valence electrons. The lowest BCUT2D eigenvalue weighted by molar-refractivity contribution is 0.0919. The number of rotatable bonds is 5. The summed E-state index contributed by atoms with van der Waals surface area (Å²) in [6, 6.07) is 6.40. The number of hydrogen-bond donors (Lipinski definition) is 1. The molecule has 0 saturated carbocycles. The van der Waals surface area contributed by atoms with Gasteiger partial charge in [-0.1, -0.05) is 32.9 Å². The van der Waals surface area contributed by atoms with Crippen molar-refractivity contribution in [1.29, 1.82) is 0 Å². The van der Waals surface area contributed by atoms with Crippen molar-refractivity contribution in [1.82, 2.24) is 0 Å². The molecular weight excluding hydrogens is 210 g/mol. The summed E-state index contributed by atoms with van der Waals surface area (Å²) in [6.45, 7) is 11.2. The van der Waals surface area contributed by atoms with Gasteiger partial charge in [0.2, 0.25) is 0 Å². The van der Waals surface area contributed by atoms with E-state index in [0.717, 1.165) is 12.2 Å². The van der Waals surface area contributed by atoms with Crippen LogP contribution >= 0.6 is 0 Å². The zero-order chi connectivity index (χ0) is 13.1. The normalized spacial score (nSPS) is 14.8. The van der Waals surface area contributed by atoms with Crippen LogP contribution in [0.2, 0.25) is 0 Å². The average Bonchev–Trinajstić information content (AvgIpc) is 2.28. The largest absolute Gasteiger partial charge is 0.486 e. The number of hydrogen-bond acceptors (Lipinski definition) is 2. The molecule has 2 nitrogen and oxygen atoms in total. The predicted molar refractivity (Wildman–Crippen MR) is 73.6 cm³/mol. The van der Waals surface area contributed by atoms with Crippen molar-refractivity contribution in [3.8, 4) is 5.75 Å². The molecule has 0 fully saturated rings. The molecule has 17 heavy (non-hydrogen) atoms. The lowest BCUT2D eigenvalue weighted by Crippen LogP contribution is -2.40. The van der Waals surface area contributed by atoms with Gasteiger partial charge in [0, 0.05) is 6.54 Å². The van der Waals surface area contributed by atoms with Gasteiger partial charge in [-0.15, -0.1) is 0 Å². The van der Waals surface area contributed by atoms with Gasteiger partial charge in [-0.05, 0) is 43.4 Å². The topological polar surface area (TPSA) is 35.2 Å². The Morgan fingerprint density at radius 3 is 2.47 bits per heavy atom. The van der Waals surface area contributed by atoms with E-state index in [-0.39, 0.29) is 5.60 Å². The molecular formula is C15H25NO. The van der Waals surface area contributed by atoms with Crippen molar-refractivity contribution < 1.29 is 4.74 Å². The smallest absolute Gasteiger partial charge is 0.123 e. The molecule has 0 aliphatic heterocycles. The molecule has 1 rings (SSSR count). The minimum atomic E-state index is -0.266. The van der Waals surface area contributed by atoms with Gasteiger partial charge in [-0.3, -0.25) is 0 Å². The molecule has 0 spiro atoms. The van der Waals surface area contributed by atoms with Crippen LogP contribution < -0.4 is 10.5 Å². The molecule has 1 atom stereocenters. The Morgan fingerprint density at radius 1 is 1.35 bits per heavy atom. The van der Waals surface area contributed by atoms with Gasteiger partial charge >= 0.3 is 0 Å². The van der Waals surface area contributed by atoms with Crippen molar-refractivity contribution >= 4 is 0 Å². The fourth-order valence-corrected chi connectivity index (χ4v) is 1.73. The van der Waals surface area contributed by atoms with Crippen LogP contribution in [-0.2, 0) is 0 Å². The maximum atomic E-state index is 6.15. The van der Waals surface area contributed by atoms with Crippen molar-refractivity contribution in [2.24, 2.45) is 5.73 Å². The minimum absolute atomic E-state index is 0.266. The summed E-state index contributed by atoms with van der Waals surface area (Å²) in [5.74, 6) is 1.44. The van der Waals surface area contributed by atoms with Gasteiger partial charge in [0.15, 0.2) is 0 Å². The summed E-state index contributed by atoms with van der Waals surface area (Å²) in [5, 5.41) is 0. The van der Waals surface area contributed by atoms with E-state index in [1.807, 2.05) is 0 Å².